The maximum absolute atomic E-state index is 12.8. The number of anilines is 1. The summed E-state index contributed by atoms with van der Waals surface area (Å²) in [6.45, 7) is 4.64. The van der Waals surface area contributed by atoms with Crippen LogP contribution in [-0.2, 0) is 6.42 Å². The van der Waals surface area contributed by atoms with Crippen molar-refractivity contribution in [2.24, 2.45) is 0 Å². The molecule has 4 heterocycles. The number of amides is 1. The highest BCUT2D eigenvalue weighted by atomic mass is 32.1. The van der Waals surface area contributed by atoms with Gasteiger partial charge in [-0.2, -0.15) is 0 Å². The van der Waals surface area contributed by atoms with E-state index in [2.05, 4.69) is 44.0 Å². The minimum absolute atomic E-state index is 0.0724. The van der Waals surface area contributed by atoms with Gasteiger partial charge in [-0.15, -0.1) is 22.7 Å². The Morgan fingerprint density at radius 3 is 2.79 bits per heavy atom. The first-order valence-corrected chi connectivity index (χ1v) is 11.0. The maximum Gasteiger partial charge on any atom is 0.261 e. The van der Waals surface area contributed by atoms with Gasteiger partial charge in [0.25, 0.3) is 5.91 Å². The van der Waals surface area contributed by atoms with Gasteiger partial charge in [0.1, 0.15) is 17.0 Å². The number of pyridine rings is 1. The van der Waals surface area contributed by atoms with Crippen molar-refractivity contribution in [1.29, 1.82) is 0 Å². The van der Waals surface area contributed by atoms with Gasteiger partial charge in [0.05, 0.1) is 16.3 Å². The second kappa shape index (κ2) is 8.67. The van der Waals surface area contributed by atoms with Crippen molar-refractivity contribution in [2.75, 3.05) is 11.9 Å². The van der Waals surface area contributed by atoms with Gasteiger partial charge in [0.15, 0.2) is 0 Å². The van der Waals surface area contributed by atoms with E-state index >= 15 is 0 Å². The van der Waals surface area contributed by atoms with Crippen LogP contribution in [0.15, 0.2) is 48.4 Å². The lowest BCUT2D eigenvalue weighted by molar-refractivity contribution is 0.0957. The molecule has 0 unspecified atom stereocenters. The molecule has 0 fully saturated rings. The molecule has 0 aliphatic rings. The second-order valence-corrected chi connectivity index (χ2v) is 8.68. The van der Waals surface area contributed by atoms with Crippen LogP contribution in [0.2, 0.25) is 0 Å². The normalized spacial score (nSPS) is 12.1. The van der Waals surface area contributed by atoms with Gasteiger partial charge in [0.2, 0.25) is 0 Å². The molecule has 4 rings (SSSR count). The van der Waals surface area contributed by atoms with Gasteiger partial charge in [-0.1, -0.05) is 6.07 Å². The number of carbonyl (C=O) groups excluding carboxylic acids is 1. The third kappa shape index (κ3) is 4.28. The molecule has 0 radical (unpaired) electrons. The van der Waals surface area contributed by atoms with E-state index in [1.165, 1.54) is 16.2 Å². The Labute approximate surface area is 177 Å². The second-order valence-electron chi connectivity index (χ2n) is 6.70. The first-order valence-electron chi connectivity index (χ1n) is 9.34. The highest BCUT2D eigenvalue weighted by molar-refractivity contribution is 7.20. The predicted molar refractivity (Wildman–Crippen MR) is 119 cm³/mol. The van der Waals surface area contributed by atoms with Crippen LogP contribution in [-0.4, -0.2) is 27.4 Å². The molecule has 8 heteroatoms. The molecule has 1 amide bonds. The van der Waals surface area contributed by atoms with Crippen molar-refractivity contribution in [2.45, 2.75) is 26.3 Å². The number of rotatable bonds is 7. The van der Waals surface area contributed by atoms with Crippen molar-refractivity contribution in [3.05, 3.63) is 69.2 Å². The molecule has 29 heavy (non-hydrogen) atoms. The Kier molecular flexibility index (Phi) is 5.82. The quantitative estimate of drug-likeness (QED) is 0.454. The summed E-state index contributed by atoms with van der Waals surface area (Å²) in [6.07, 6.45) is 5.84. The number of aryl methyl sites for hydroxylation is 1. The van der Waals surface area contributed by atoms with Crippen LogP contribution >= 0.6 is 22.7 Å². The van der Waals surface area contributed by atoms with Crippen molar-refractivity contribution >= 4 is 44.6 Å². The molecule has 1 atom stereocenters. The minimum atomic E-state index is -0.0724. The molecular formula is C21H21N5OS2. The van der Waals surface area contributed by atoms with Crippen molar-refractivity contribution in [3.63, 3.8) is 0 Å². The minimum Gasteiger partial charge on any atom is -0.362 e. The number of aromatic nitrogens is 3. The standard InChI is InChI=1S/C21H21N5OS2/c1-13-17-19(26-14(2)16-4-3-11-28-16)24-12-25-21(17)29-18(13)20(27)23-10-7-15-5-8-22-9-6-15/h3-6,8-9,11-12,14H,7,10H2,1-2H3,(H,23,27)(H,24,25,26)/t14-/m0/s1. The summed E-state index contributed by atoms with van der Waals surface area (Å²) in [5.41, 5.74) is 2.06. The third-order valence-corrected chi connectivity index (χ3v) is 6.96. The number of hydrogen-bond donors (Lipinski definition) is 2. The lowest BCUT2D eigenvalue weighted by Gasteiger charge is -2.13. The van der Waals surface area contributed by atoms with Gasteiger partial charge in [-0.05, 0) is 55.0 Å². The van der Waals surface area contributed by atoms with Crippen LogP contribution in [0.25, 0.3) is 10.2 Å². The summed E-state index contributed by atoms with van der Waals surface area (Å²) in [6, 6.07) is 8.18. The highest BCUT2D eigenvalue weighted by Gasteiger charge is 2.20. The van der Waals surface area contributed by atoms with Crippen LogP contribution in [0.4, 0.5) is 5.82 Å². The first kappa shape index (κ1) is 19.5. The van der Waals surface area contributed by atoms with Crippen LogP contribution in [0.5, 0.6) is 0 Å². The van der Waals surface area contributed by atoms with Gasteiger partial charge < -0.3 is 10.6 Å². The van der Waals surface area contributed by atoms with E-state index in [4.69, 9.17) is 0 Å². The highest BCUT2D eigenvalue weighted by Crippen LogP contribution is 2.35. The Bertz CT molecular complexity index is 1110. The fraction of sp³-hybridized carbons (Fsp3) is 0.238. The van der Waals surface area contributed by atoms with Crippen LogP contribution in [0.3, 0.4) is 0 Å². The molecular weight excluding hydrogens is 402 g/mol. The fourth-order valence-electron chi connectivity index (χ4n) is 3.16. The fourth-order valence-corrected chi connectivity index (χ4v) is 4.96. The average Bonchev–Trinajstić information content (AvgIpc) is 3.38. The Balaban J connectivity index is 1.51. The van der Waals surface area contributed by atoms with Crippen molar-refractivity contribution < 1.29 is 4.79 Å². The van der Waals surface area contributed by atoms with E-state index in [1.54, 1.807) is 30.1 Å². The van der Waals surface area contributed by atoms with Crippen LogP contribution < -0.4 is 10.6 Å². The van der Waals surface area contributed by atoms with E-state index in [0.29, 0.717) is 11.4 Å². The number of hydrogen-bond acceptors (Lipinski definition) is 7. The summed E-state index contributed by atoms with van der Waals surface area (Å²) < 4.78 is 0. The summed E-state index contributed by atoms with van der Waals surface area (Å²) in [5, 5.41) is 9.47. The number of nitrogens with zero attached hydrogens (tertiary/aromatic N) is 3. The molecule has 4 aromatic rings. The van der Waals surface area contributed by atoms with Crippen LogP contribution in [0, 0.1) is 6.92 Å². The molecule has 0 aliphatic heterocycles. The third-order valence-electron chi connectivity index (χ3n) is 4.70. The molecule has 0 aromatic carbocycles. The number of thiophene rings is 2. The average molecular weight is 424 g/mol. The zero-order valence-corrected chi connectivity index (χ0v) is 17.8. The zero-order valence-electron chi connectivity index (χ0n) is 16.2. The molecule has 0 bridgehead atoms. The lowest BCUT2D eigenvalue weighted by atomic mass is 10.1. The van der Waals surface area contributed by atoms with Crippen molar-refractivity contribution in [1.82, 2.24) is 20.3 Å². The lowest BCUT2D eigenvalue weighted by Crippen LogP contribution is -2.25. The largest absolute Gasteiger partial charge is 0.362 e. The van der Waals surface area contributed by atoms with Gasteiger partial charge in [-0.25, -0.2) is 9.97 Å². The molecule has 0 spiro atoms. The van der Waals surface area contributed by atoms with E-state index in [0.717, 1.165) is 33.6 Å². The molecule has 0 saturated carbocycles. The molecule has 0 saturated heterocycles. The van der Waals surface area contributed by atoms with Gasteiger partial charge in [0, 0.05) is 23.8 Å². The molecule has 4 aromatic heterocycles. The molecule has 0 aliphatic carbocycles. The van der Waals surface area contributed by atoms with E-state index in [-0.39, 0.29) is 11.9 Å². The SMILES string of the molecule is Cc1c(C(=O)NCCc2ccncc2)sc2ncnc(N[C@@H](C)c3cccs3)c12. The number of carbonyl (C=O) groups is 1. The Morgan fingerprint density at radius 2 is 2.03 bits per heavy atom. The topological polar surface area (TPSA) is 79.8 Å². The smallest absolute Gasteiger partial charge is 0.261 e. The Hall–Kier alpha value is -2.84. The first-order chi connectivity index (χ1) is 14.1. The summed E-state index contributed by atoms with van der Waals surface area (Å²) in [4.78, 5) is 28.3. The molecule has 148 valence electrons. The summed E-state index contributed by atoms with van der Waals surface area (Å²) >= 11 is 3.11. The molecule has 6 nitrogen and oxygen atoms in total. The maximum atomic E-state index is 12.8. The van der Waals surface area contributed by atoms with E-state index < -0.39 is 0 Å². The van der Waals surface area contributed by atoms with E-state index in [1.807, 2.05) is 25.1 Å². The number of nitrogens with one attached hydrogen (secondary N) is 2. The van der Waals surface area contributed by atoms with Crippen LogP contribution in [0.1, 0.15) is 38.6 Å². The Morgan fingerprint density at radius 1 is 1.21 bits per heavy atom. The monoisotopic (exact) mass is 423 g/mol. The predicted octanol–water partition coefficient (Wildman–Crippen LogP) is 4.60. The van der Waals surface area contributed by atoms with Crippen molar-refractivity contribution in [3.8, 4) is 0 Å². The van der Waals surface area contributed by atoms with E-state index in [9.17, 15) is 4.79 Å². The molecule has 2 N–H and O–H groups in total. The zero-order chi connectivity index (χ0) is 20.2. The summed E-state index contributed by atoms with van der Waals surface area (Å²) in [7, 11) is 0. The van der Waals surface area contributed by atoms with Gasteiger partial charge >= 0.3 is 0 Å². The summed E-state index contributed by atoms with van der Waals surface area (Å²) in [5.74, 6) is 0.692. The van der Waals surface area contributed by atoms with Gasteiger partial charge in [-0.3, -0.25) is 9.78 Å². The number of fused-ring (bicyclic) bond motifs is 1.